The number of allylic oxidation sites excluding steroid dienone is 5. The first-order valence-electron chi connectivity index (χ1n) is 21.1. The summed E-state index contributed by atoms with van der Waals surface area (Å²) in [4.78, 5) is 2.44. The minimum atomic E-state index is 0.791. The van der Waals surface area contributed by atoms with Crippen molar-refractivity contribution in [3.8, 4) is 5.69 Å². The summed E-state index contributed by atoms with van der Waals surface area (Å²) in [6, 6.07) is 63.3. The van der Waals surface area contributed by atoms with Gasteiger partial charge in [0, 0.05) is 50.2 Å². The van der Waals surface area contributed by atoms with E-state index in [0.29, 0.717) is 0 Å². The predicted molar refractivity (Wildman–Crippen MR) is 252 cm³/mol. The summed E-state index contributed by atoms with van der Waals surface area (Å²) < 4.78 is 9.06. The van der Waals surface area contributed by atoms with Gasteiger partial charge in [-0.15, -0.1) is 0 Å². The highest BCUT2D eigenvalue weighted by Crippen LogP contribution is 2.46. The molecule has 9 aromatic rings. The van der Waals surface area contributed by atoms with Crippen molar-refractivity contribution >= 4 is 73.0 Å². The average molecular weight is 779 g/mol. The monoisotopic (exact) mass is 778 g/mol. The molecule has 12 rings (SSSR count). The Morgan fingerprint density at radius 1 is 0.607 bits per heavy atom. The molecule has 0 unspecified atom stereocenters. The molecule has 0 fully saturated rings. The van der Waals surface area contributed by atoms with Crippen LogP contribution in [0.3, 0.4) is 0 Å². The number of hydrogen-bond acceptors (Lipinski definition) is 2. The molecule has 0 bridgehead atoms. The Morgan fingerprint density at radius 3 is 2.20 bits per heavy atom. The molecule has 0 saturated heterocycles. The van der Waals surface area contributed by atoms with Gasteiger partial charge in [0.15, 0.2) is 5.76 Å². The normalized spacial score (nSPS) is 14.2. The lowest BCUT2D eigenvalue weighted by atomic mass is 9.87. The van der Waals surface area contributed by atoms with Gasteiger partial charge in [0.2, 0.25) is 0 Å². The van der Waals surface area contributed by atoms with Crippen molar-refractivity contribution in [1.29, 1.82) is 0 Å². The molecule has 7 aromatic carbocycles. The van der Waals surface area contributed by atoms with Crippen LogP contribution in [-0.2, 0) is 6.42 Å². The Morgan fingerprint density at radius 2 is 1.33 bits per heavy atom. The number of furan rings is 1. The van der Waals surface area contributed by atoms with Gasteiger partial charge >= 0.3 is 0 Å². The number of para-hydroxylation sites is 5. The van der Waals surface area contributed by atoms with Crippen molar-refractivity contribution in [3.63, 3.8) is 0 Å². The summed E-state index contributed by atoms with van der Waals surface area (Å²) in [5, 5.41) is 3.57. The Balaban J connectivity index is 1.06. The first kappa shape index (κ1) is 35.0. The third-order valence-electron chi connectivity index (χ3n) is 12.5. The second-order valence-corrected chi connectivity index (χ2v) is 15.9. The molecule has 0 amide bonds. The van der Waals surface area contributed by atoms with Crippen LogP contribution in [0.2, 0.25) is 0 Å². The van der Waals surface area contributed by atoms with Gasteiger partial charge in [0.1, 0.15) is 11.3 Å². The number of aromatic nitrogens is 1. The number of fused-ring (bicyclic) bond motifs is 7. The third-order valence-corrected chi connectivity index (χ3v) is 12.5. The van der Waals surface area contributed by atoms with E-state index in [1.165, 1.54) is 60.9 Å². The zero-order chi connectivity index (χ0) is 40.3. The molecule has 61 heavy (non-hydrogen) atoms. The molecule has 0 aliphatic heterocycles. The van der Waals surface area contributed by atoms with Crippen molar-refractivity contribution in [1.82, 2.24) is 4.57 Å². The highest BCUT2D eigenvalue weighted by atomic mass is 16.3. The van der Waals surface area contributed by atoms with E-state index >= 15 is 0 Å². The molecular formula is C58H38N2O. The van der Waals surface area contributed by atoms with Crippen LogP contribution in [0.1, 0.15) is 58.4 Å². The number of nitrogens with zero attached hydrogens (tertiary/aromatic N) is 2. The lowest BCUT2D eigenvalue weighted by Crippen LogP contribution is -2.21. The van der Waals surface area contributed by atoms with E-state index in [4.69, 9.17) is 4.42 Å². The minimum absolute atomic E-state index is 0.791. The predicted octanol–water partition coefficient (Wildman–Crippen LogP) is 14.7. The molecular weight excluding hydrogens is 741 g/mol. The SMILES string of the molecule is C1=C=C(c2ccc#cc2N(C2=CC(c3ccccc3-n3c4ccccc4c4ccccc43)=CCC2)c2ccccc2C2=Cc3ccccc3CC2)c2oc3ccccc3c2C=1. The van der Waals surface area contributed by atoms with Gasteiger partial charge in [-0.05, 0) is 103 Å². The van der Waals surface area contributed by atoms with Gasteiger partial charge in [0.05, 0.1) is 28.0 Å². The van der Waals surface area contributed by atoms with E-state index < -0.39 is 0 Å². The number of benzene rings is 6. The van der Waals surface area contributed by atoms with Crippen LogP contribution in [0.4, 0.5) is 11.4 Å². The van der Waals surface area contributed by atoms with E-state index in [0.717, 1.165) is 76.2 Å². The van der Waals surface area contributed by atoms with Crippen molar-refractivity contribution in [2.45, 2.75) is 25.7 Å². The molecule has 2 aromatic heterocycles. The fraction of sp³-hybridized carbons (Fsp3) is 0.0690. The Kier molecular flexibility index (Phi) is 8.26. The molecule has 0 saturated carbocycles. The van der Waals surface area contributed by atoms with Crippen LogP contribution in [0.15, 0.2) is 191 Å². The van der Waals surface area contributed by atoms with Crippen molar-refractivity contribution < 1.29 is 4.42 Å². The number of rotatable bonds is 7. The quantitative estimate of drug-likeness (QED) is 0.150. The summed E-state index contributed by atoms with van der Waals surface area (Å²) in [5.41, 5.74) is 24.8. The standard InChI is InChI=1S/C58H38N2O/c1-2-18-40-37-42(36-35-39(40)17-1)45-22-3-9-29-52(45)59(54-31-11-7-25-48(54)50-27-16-28-51-49-26-8-14-34-57(49)61-58(50)51)43-20-15-19-41(38-43)44-21-4-10-30-53(44)60-55-32-12-5-23-46(55)47-24-6-13-33-56(47)60/h1-10,12-14,17-19,21-26,28-30,32-34,37-38H,15,20,35-36H2. The summed E-state index contributed by atoms with van der Waals surface area (Å²) >= 11 is 0. The van der Waals surface area contributed by atoms with Gasteiger partial charge in [-0.2, -0.15) is 0 Å². The second kappa shape index (κ2) is 14.4. The molecule has 286 valence electrons. The van der Waals surface area contributed by atoms with Gasteiger partial charge in [-0.1, -0.05) is 145 Å². The molecule has 0 spiro atoms. The van der Waals surface area contributed by atoms with Crippen molar-refractivity contribution in [2.24, 2.45) is 0 Å². The number of hydrogen-bond donors (Lipinski definition) is 0. The highest BCUT2D eigenvalue weighted by Gasteiger charge is 2.29. The molecule has 2 heterocycles. The molecule has 3 aliphatic carbocycles. The maximum absolute atomic E-state index is 6.63. The fourth-order valence-corrected chi connectivity index (χ4v) is 9.73. The van der Waals surface area contributed by atoms with Crippen LogP contribution in [0, 0.1) is 12.1 Å². The second-order valence-electron chi connectivity index (χ2n) is 15.9. The summed E-state index contributed by atoms with van der Waals surface area (Å²) in [6.07, 6.45) is 12.8. The fourth-order valence-electron chi connectivity index (χ4n) is 9.73. The zero-order valence-corrected chi connectivity index (χ0v) is 33.5. The van der Waals surface area contributed by atoms with Crippen LogP contribution in [0.25, 0.3) is 67.3 Å². The van der Waals surface area contributed by atoms with E-state index in [1.54, 1.807) is 0 Å². The van der Waals surface area contributed by atoms with Gasteiger partial charge in [-0.25, -0.2) is 0 Å². The molecule has 0 radical (unpaired) electrons. The molecule has 3 aliphatic rings. The first-order chi connectivity index (χ1) is 30.3. The molecule has 3 nitrogen and oxygen atoms in total. The van der Waals surface area contributed by atoms with Crippen LogP contribution in [-0.4, -0.2) is 4.57 Å². The molecule has 0 N–H and O–H groups in total. The van der Waals surface area contributed by atoms with Crippen LogP contribution >= 0.6 is 0 Å². The lowest BCUT2D eigenvalue weighted by molar-refractivity contribution is 0.599. The number of anilines is 2. The zero-order valence-electron chi connectivity index (χ0n) is 33.5. The minimum Gasteiger partial charge on any atom is -0.455 e. The Labute approximate surface area is 355 Å². The lowest BCUT2D eigenvalue weighted by Gasteiger charge is -2.33. The van der Waals surface area contributed by atoms with E-state index in [1.807, 2.05) is 24.3 Å². The first-order valence-corrected chi connectivity index (χ1v) is 21.1. The van der Waals surface area contributed by atoms with Gasteiger partial charge in [0.25, 0.3) is 0 Å². The van der Waals surface area contributed by atoms with Crippen LogP contribution < -0.4 is 4.90 Å². The van der Waals surface area contributed by atoms with Gasteiger partial charge < -0.3 is 13.9 Å². The van der Waals surface area contributed by atoms with Crippen molar-refractivity contribution in [3.05, 3.63) is 238 Å². The van der Waals surface area contributed by atoms with E-state index in [9.17, 15) is 0 Å². The third kappa shape index (κ3) is 5.78. The van der Waals surface area contributed by atoms with Crippen LogP contribution in [0.5, 0.6) is 0 Å². The largest absolute Gasteiger partial charge is 0.455 e. The highest BCUT2D eigenvalue weighted by molar-refractivity contribution is 6.10. The van der Waals surface area contributed by atoms with E-state index in [2.05, 4.69) is 191 Å². The maximum Gasteiger partial charge on any atom is 0.152 e. The smallest absolute Gasteiger partial charge is 0.152 e. The summed E-state index contributed by atoms with van der Waals surface area (Å²) in [6.45, 7) is 0. The summed E-state index contributed by atoms with van der Waals surface area (Å²) in [5.74, 6) is 0.791. The average Bonchev–Trinajstić information content (AvgIpc) is 3.88. The Bertz CT molecular complexity index is 3410. The van der Waals surface area contributed by atoms with E-state index in [-0.39, 0.29) is 0 Å². The van der Waals surface area contributed by atoms with Crippen molar-refractivity contribution in [2.75, 3.05) is 4.90 Å². The topological polar surface area (TPSA) is 21.3 Å². The maximum atomic E-state index is 6.63. The number of aryl methyl sites for hydroxylation is 1. The molecule has 0 atom stereocenters. The molecule has 3 heteroatoms. The van der Waals surface area contributed by atoms with Gasteiger partial charge in [-0.3, -0.25) is 0 Å². The summed E-state index contributed by atoms with van der Waals surface area (Å²) in [7, 11) is 0. The Hall–Kier alpha value is -7.98.